The maximum absolute atomic E-state index is 3.53. The van der Waals surface area contributed by atoms with E-state index in [0.717, 1.165) is 0 Å². The van der Waals surface area contributed by atoms with Crippen molar-refractivity contribution in [2.75, 3.05) is 0 Å². The minimum Gasteiger partial charge on any atom is -0.128 e. The van der Waals surface area contributed by atoms with Gasteiger partial charge in [0.15, 0.2) is 0 Å². The number of hydrogen-bond donors (Lipinski definition) is 0. The van der Waals surface area contributed by atoms with E-state index in [4.69, 9.17) is 0 Å². The lowest BCUT2D eigenvalue weighted by Gasteiger charge is -2.06. The number of rotatable bonds is 1. The first-order chi connectivity index (χ1) is 4.43. The second-order valence-electron chi connectivity index (χ2n) is 2.37. The second-order valence-corrected chi connectivity index (χ2v) is 2.37. The molecule has 1 aliphatic rings. The van der Waals surface area contributed by atoms with Crippen molar-refractivity contribution in [2.24, 2.45) is 0 Å². The van der Waals surface area contributed by atoms with E-state index < -0.39 is 0 Å². The van der Waals surface area contributed by atoms with Crippen LogP contribution in [0.15, 0.2) is 30.0 Å². The normalized spacial score (nSPS) is 18.0. The lowest BCUT2D eigenvalue weighted by Crippen LogP contribution is -1.86. The molecule has 0 fully saturated rings. The van der Waals surface area contributed by atoms with Gasteiger partial charge in [0.2, 0.25) is 0 Å². The first-order valence-corrected chi connectivity index (χ1v) is 3.48. The Bertz CT molecular complexity index is 157. The molecule has 0 saturated heterocycles. The molecule has 0 N–H and O–H groups in total. The van der Waals surface area contributed by atoms with Gasteiger partial charge >= 0.3 is 0 Å². The highest BCUT2D eigenvalue weighted by atomic mass is 14.0. The topological polar surface area (TPSA) is 0 Å². The largest absolute Gasteiger partial charge is 0.128 e. The van der Waals surface area contributed by atoms with Crippen LogP contribution >= 0.6 is 0 Å². The summed E-state index contributed by atoms with van der Waals surface area (Å²) < 4.78 is 0. The van der Waals surface area contributed by atoms with Crippen LogP contribution in [-0.4, -0.2) is 0 Å². The summed E-state index contributed by atoms with van der Waals surface area (Å²) in [6.45, 7) is 3.53. The molecule has 0 unspecified atom stereocenters. The van der Waals surface area contributed by atoms with Gasteiger partial charge in [0.1, 0.15) is 0 Å². The van der Waals surface area contributed by atoms with Gasteiger partial charge in [-0.3, -0.25) is 0 Å². The molecule has 0 spiro atoms. The van der Waals surface area contributed by atoms with Crippen molar-refractivity contribution < 1.29 is 0 Å². The van der Waals surface area contributed by atoms with E-state index in [-0.39, 0.29) is 0 Å². The Morgan fingerprint density at radius 2 is 2.44 bits per heavy atom. The van der Waals surface area contributed by atoms with Crippen molar-refractivity contribution in [3.8, 4) is 0 Å². The fourth-order valence-corrected chi connectivity index (χ4v) is 1.13. The fraction of sp³-hybridized carbons (Fsp3) is 0.444. The van der Waals surface area contributed by atoms with Crippen LogP contribution in [0.3, 0.4) is 0 Å². The van der Waals surface area contributed by atoms with Gasteiger partial charge in [-0.15, -0.1) is 5.73 Å². The average Bonchev–Trinajstić information content (AvgIpc) is 1.91. The predicted octanol–water partition coefficient (Wildman–Crippen LogP) is 2.83. The van der Waals surface area contributed by atoms with E-state index in [1.165, 1.54) is 31.3 Å². The third-order valence-corrected chi connectivity index (χ3v) is 1.61. The molecule has 0 amide bonds. The van der Waals surface area contributed by atoms with Gasteiger partial charge in [0, 0.05) is 0 Å². The Hall–Kier alpha value is -0.740. The monoisotopic (exact) mass is 120 g/mol. The molecule has 0 aliphatic heterocycles. The molecule has 48 valence electrons. The van der Waals surface area contributed by atoms with Gasteiger partial charge in [0.25, 0.3) is 0 Å². The molecule has 1 rings (SSSR count). The lowest BCUT2D eigenvalue weighted by atomic mass is 10.00. The summed E-state index contributed by atoms with van der Waals surface area (Å²) in [6.07, 6.45) is 9.43. The lowest BCUT2D eigenvalue weighted by molar-refractivity contribution is 0.712. The number of hydrogen-bond acceptors (Lipinski definition) is 0. The summed E-state index contributed by atoms with van der Waals surface area (Å²) in [5.41, 5.74) is 4.21. The van der Waals surface area contributed by atoms with Gasteiger partial charge in [-0.1, -0.05) is 12.7 Å². The quantitative estimate of drug-likeness (QED) is 0.467. The third-order valence-electron chi connectivity index (χ3n) is 1.61. The highest BCUT2D eigenvalue weighted by Crippen LogP contribution is 2.17. The molecule has 0 aromatic rings. The van der Waals surface area contributed by atoms with Gasteiger partial charge < -0.3 is 0 Å². The molecule has 0 atom stereocenters. The SMILES string of the molecule is C=C=CC1=CCCCC1. The Morgan fingerprint density at radius 1 is 1.56 bits per heavy atom. The second kappa shape index (κ2) is 3.32. The molecule has 0 heteroatoms. The zero-order chi connectivity index (χ0) is 6.53. The molecule has 0 aromatic heterocycles. The predicted molar refractivity (Wildman–Crippen MR) is 40.3 cm³/mol. The number of allylic oxidation sites excluding steroid dienone is 3. The molecule has 0 saturated carbocycles. The minimum atomic E-state index is 1.22. The van der Waals surface area contributed by atoms with Crippen LogP contribution < -0.4 is 0 Å². The van der Waals surface area contributed by atoms with Crippen LogP contribution in [-0.2, 0) is 0 Å². The van der Waals surface area contributed by atoms with E-state index in [1.54, 1.807) is 0 Å². The van der Waals surface area contributed by atoms with Crippen molar-refractivity contribution in [3.63, 3.8) is 0 Å². The Labute approximate surface area is 56.6 Å². The molecule has 0 bridgehead atoms. The van der Waals surface area contributed by atoms with Crippen LogP contribution in [0.1, 0.15) is 25.7 Å². The van der Waals surface area contributed by atoms with E-state index in [1.807, 2.05) is 6.08 Å². The highest BCUT2D eigenvalue weighted by molar-refractivity contribution is 5.18. The Balaban J connectivity index is 2.56. The van der Waals surface area contributed by atoms with Crippen molar-refractivity contribution >= 4 is 0 Å². The van der Waals surface area contributed by atoms with E-state index in [2.05, 4.69) is 18.4 Å². The van der Waals surface area contributed by atoms with Gasteiger partial charge in [-0.2, -0.15) is 0 Å². The zero-order valence-corrected chi connectivity index (χ0v) is 5.69. The Morgan fingerprint density at radius 3 is 3.00 bits per heavy atom. The van der Waals surface area contributed by atoms with Gasteiger partial charge in [-0.05, 0) is 37.3 Å². The summed E-state index contributed by atoms with van der Waals surface area (Å²) in [4.78, 5) is 0. The molecule has 0 aromatic carbocycles. The van der Waals surface area contributed by atoms with Crippen molar-refractivity contribution in [2.45, 2.75) is 25.7 Å². The van der Waals surface area contributed by atoms with Crippen molar-refractivity contribution in [3.05, 3.63) is 30.0 Å². The van der Waals surface area contributed by atoms with Gasteiger partial charge in [0.05, 0.1) is 0 Å². The molecular weight excluding hydrogens is 108 g/mol. The van der Waals surface area contributed by atoms with Crippen LogP contribution in [0.5, 0.6) is 0 Å². The van der Waals surface area contributed by atoms with Crippen molar-refractivity contribution in [1.29, 1.82) is 0 Å². The molecule has 0 radical (unpaired) electrons. The molecule has 0 nitrogen and oxygen atoms in total. The maximum Gasteiger partial charge on any atom is -0.0177 e. The van der Waals surface area contributed by atoms with Crippen LogP contribution in [0.2, 0.25) is 0 Å². The van der Waals surface area contributed by atoms with Crippen LogP contribution in [0.4, 0.5) is 0 Å². The molecule has 1 aliphatic carbocycles. The van der Waals surface area contributed by atoms with E-state index in [0.29, 0.717) is 0 Å². The minimum absolute atomic E-state index is 1.22. The van der Waals surface area contributed by atoms with Crippen LogP contribution in [0, 0.1) is 0 Å². The molecule has 9 heavy (non-hydrogen) atoms. The van der Waals surface area contributed by atoms with Crippen LogP contribution in [0.25, 0.3) is 0 Å². The molecular formula is C9H12. The Kier molecular flexibility index (Phi) is 2.35. The highest BCUT2D eigenvalue weighted by Gasteiger charge is 1.97. The maximum atomic E-state index is 3.53. The zero-order valence-electron chi connectivity index (χ0n) is 5.69. The summed E-state index contributed by atoms with van der Waals surface area (Å²) in [6, 6.07) is 0. The molecule has 0 heterocycles. The smallest absolute Gasteiger partial charge is 0.0177 e. The summed E-state index contributed by atoms with van der Waals surface area (Å²) >= 11 is 0. The van der Waals surface area contributed by atoms with Crippen molar-refractivity contribution in [1.82, 2.24) is 0 Å². The van der Waals surface area contributed by atoms with E-state index in [9.17, 15) is 0 Å². The third kappa shape index (κ3) is 1.91. The van der Waals surface area contributed by atoms with Gasteiger partial charge in [-0.25, -0.2) is 0 Å². The first kappa shape index (κ1) is 6.38. The van der Waals surface area contributed by atoms with E-state index >= 15 is 0 Å². The first-order valence-electron chi connectivity index (χ1n) is 3.48. The fourth-order valence-electron chi connectivity index (χ4n) is 1.13. The summed E-state index contributed by atoms with van der Waals surface area (Å²) in [5, 5.41) is 0. The average molecular weight is 120 g/mol. The standard InChI is InChI=1S/C9H12/c1-2-6-9-7-4-3-5-8-9/h6-7H,1,3-5,8H2. The summed E-state index contributed by atoms with van der Waals surface area (Å²) in [5.74, 6) is 0. The summed E-state index contributed by atoms with van der Waals surface area (Å²) in [7, 11) is 0.